The van der Waals surface area contributed by atoms with Gasteiger partial charge in [-0.25, -0.2) is 4.98 Å². The Balaban J connectivity index is 1.98. The number of nitrogens with one attached hydrogen (secondary N) is 1. The predicted octanol–water partition coefficient (Wildman–Crippen LogP) is 3.82. The predicted molar refractivity (Wildman–Crippen MR) is 97.9 cm³/mol. The number of aryl methyl sites for hydroxylation is 2. The van der Waals surface area contributed by atoms with Crippen molar-refractivity contribution < 1.29 is 4.79 Å². The lowest BCUT2D eigenvalue weighted by Gasteiger charge is -2.04. The molecule has 124 valence electrons. The van der Waals surface area contributed by atoms with E-state index in [1.165, 1.54) is 11.3 Å². The second-order valence-corrected chi connectivity index (χ2v) is 6.65. The molecule has 2 heterocycles. The van der Waals surface area contributed by atoms with Crippen LogP contribution in [0.4, 0.5) is 5.69 Å². The van der Waals surface area contributed by atoms with Crippen LogP contribution in [0.25, 0.3) is 10.2 Å². The number of unbranched alkanes of at least 4 members (excludes halogenated alkanes) is 1. The van der Waals surface area contributed by atoms with Gasteiger partial charge in [0.15, 0.2) is 0 Å². The highest BCUT2D eigenvalue weighted by atomic mass is 32.1. The summed E-state index contributed by atoms with van der Waals surface area (Å²) in [6.45, 7) is 4.55. The summed E-state index contributed by atoms with van der Waals surface area (Å²) >= 11 is 1.26. The van der Waals surface area contributed by atoms with Crippen LogP contribution in [0.2, 0.25) is 0 Å². The molecule has 0 saturated heterocycles. The number of benzene rings is 1. The van der Waals surface area contributed by atoms with Crippen LogP contribution in [-0.2, 0) is 6.54 Å². The Morgan fingerprint density at radius 1 is 1.29 bits per heavy atom. The van der Waals surface area contributed by atoms with Crippen molar-refractivity contribution in [1.29, 1.82) is 0 Å². The molecule has 0 aliphatic rings. The zero-order chi connectivity index (χ0) is 17.1. The highest BCUT2D eigenvalue weighted by Gasteiger charge is 2.19. The summed E-state index contributed by atoms with van der Waals surface area (Å²) in [6.07, 6.45) is 3.52. The number of hydrogen-bond donors (Lipinski definition) is 1. The summed E-state index contributed by atoms with van der Waals surface area (Å²) in [5, 5.41) is 3.42. The number of para-hydroxylation sites is 1. The first-order chi connectivity index (χ1) is 11.6. The van der Waals surface area contributed by atoms with Crippen LogP contribution in [0, 0.1) is 6.92 Å². The van der Waals surface area contributed by atoms with Gasteiger partial charge >= 0.3 is 0 Å². The van der Waals surface area contributed by atoms with Gasteiger partial charge in [-0.05, 0) is 31.0 Å². The summed E-state index contributed by atoms with van der Waals surface area (Å²) < 4.78 is 1.63. The van der Waals surface area contributed by atoms with Gasteiger partial charge in [0.25, 0.3) is 11.5 Å². The highest BCUT2D eigenvalue weighted by molar-refractivity contribution is 7.20. The Morgan fingerprint density at radius 3 is 2.75 bits per heavy atom. The van der Waals surface area contributed by atoms with E-state index in [0.29, 0.717) is 27.2 Å². The number of thiophene rings is 1. The third-order valence-electron chi connectivity index (χ3n) is 3.91. The summed E-state index contributed by atoms with van der Waals surface area (Å²) in [5.41, 5.74) is 1.36. The fraction of sp³-hybridized carbons (Fsp3) is 0.278. The largest absolute Gasteiger partial charge is 0.321 e. The lowest BCUT2D eigenvalue weighted by molar-refractivity contribution is 0.103. The molecule has 0 spiro atoms. The summed E-state index contributed by atoms with van der Waals surface area (Å²) in [7, 11) is 0. The fourth-order valence-corrected chi connectivity index (χ4v) is 3.61. The zero-order valence-corrected chi connectivity index (χ0v) is 14.5. The lowest BCUT2D eigenvalue weighted by Crippen LogP contribution is -2.20. The third-order valence-corrected chi connectivity index (χ3v) is 5.11. The van der Waals surface area contributed by atoms with Crippen molar-refractivity contribution in [3.8, 4) is 0 Å². The van der Waals surface area contributed by atoms with Gasteiger partial charge in [0.1, 0.15) is 4.83 Å². The molecule has 1 aromatic carbocycles. The normalized spacial score (nSPS) is 10.9. The monoisotopic (exact) mass is 341 g/mol. The van der Waals surface area contributed by atoms with E-state index in [9.17, 15) is 9.59 Å². The van der Waals surface area contributed by atoms with Crippen LogP contribution >= 0.6 is 11.3 Å². The van der Waals surface area contributed by atoms with Crippen molar-refractivity contribution in [2.75, 3.05) is 5.32 Å². The maximum Gasteiger partial charge on any atom is 0.266 e. The van der Waals surface area contributed by atoms with Crippen molar-refractivity contribution in [3.63, 3.8) is 0 Å². The maximum absolute atomic E-state index is 12.6. The Morgan fingerprint density at radius 2 is 2.04 bits per heavy atom. The molecule has 0 aliphatic heterocycles. The summed E-state index contributed by atoms with van der Waals surface area (Å²) in [5.74, 6) is -0.207. The molecule has 3 aromatic rings. The second-order valence-electron chi connectivity index (χ2n) is 5.65. The molecular formula is C18H19N3O2S. The molecule has 6 heteroatoms. The molecule has 0 radical (unpaired) electrons. The molecule has 1 N–H and O–H groups in total. The number of aromatic nitrogens is 2. The van der Waals surface area contributed by atoms with Gasteiger partial charge < -0.3 is 5.32 Å². The van der Waals surface area contributed by atoms with E-state index in [-0.39, 0.29) is 11.5 Å². The van der Waals surface area contributed by atoms with E-state index in [4.69, 9.17) is 0 Å². The molecule has 1 amide bonds. The molecule has 5 nitrogen and oxygen atoms in total. The number of rotatable bonds is 5. The van der Waals surface area contributed by atoms with E-state index >= 15 is 0 Å². The minimum atomic E-state index is -0.207. The summed E-state index contributed by atoms with van der Waals surface area (Å²) in [4.78, 5) is 30.7. The van der Waals surface area contributed by atoms with Gasteiger partial charge in [-0.3, -0.25) is 14.2 Å². The average Bonchev–Trinajstić information content (AvgIpc) is 2.93. The topological polar surface area (TPSA) is 64.0 Å². The maximum atomic E-state index is 12.6. The standard InChI is InChI=1S/C18H19N3O2S/c1-3-4-10-21-11-19-17-14(18(21)23)12(2)15(24-17)16(22)20-13-8-6-5-7-9-13/h5-9,11H,3-4,10H2,1-2H3,(H,20,22). The molecule has 0 unspecified atom stereocenters. The Bertz CT molecular complexity index is 929. The van der Waals surface area contributed by atoms with Crippen LogP contribution in [0.1, 0.15) is 35.0 Å². The van der Waals surface area contributed by atoms with Crippen LogP contribution in [0.5, 0.6) is 0 Å². The van der Waals surface area contributed by atoms with Gasteiger partial charge in [0, 0.05) is 12.2 Å². The molecule has 0 aliphatic carbocycles. The van der Waals surface area contributed by atoms with E-state index in [1.54, 1.807) is 10.9 Å². The van der Waals surface area contributed by atoms with Crippen LogP contribution in [-0.4, -0.2) is 15.5 Å². The SMILES string of the molecule is CCCCn1cnc2sc(C(=O)Nc3ccccc3)c(C)c2c1=O. The first-order valence-electron chi connectivity index (χ1n) is 7.96. The third kappa shape index (κ3) is 3.10. The van der Waals surface area contributed by atoms with Crippen LogP contribution in [0.15, 0.2) is 41.5 Å². The number of carbonyl (C=O) groups is 1. The van der Waals surface area contributed by atoms with Gasteiger partial charge in [0.2, 0.25) is 0 Å². The number of nitrogens with zero attached hydrogens (tertiary/aromatic N) is 2. The summed E-state index contributed by atoms with van der Waals surface area (Å²) in [6, 6.07) is 9.28. The molecule has 3 rings (SSSR count). The fourth-order valence-electron chi connectivity index (χ4n) is 2.57. The molecule has 0 atom stereocenters. The Labute approximate surface area is 144 Å². The minimum Gasteiger partial charge on any atom is -0.321 e. The zero-order valence-electron chi connectivity index (χ0n) is 13.7. The van der Waals surface area contributed by atoms with E-state index in [1.807, 2.05) is 37.3 Å². The van der Waals surface area contributed by atoms with Crippen molar-refractivity contribution in [2.45, 2.75) is 33.2 Å². The van der Waals surface area contributed by atoms with E-state index in [2.05, 4.69) is 17.2 Å². The van der Waals surface area contributed by atoms with E-state index < -0.39 is 0 Å². The average molecular weight is 341 g/mol. The molecule has 0 saturated carbocycles. The second kappa shape index (κ2) is 6.97. The Kier molecular flexibility index (Phi) is 4.76. The first kappa shape index (κ1) is 16.4. The van der Waals surface area contributed by atoms with Gasteiger partial charge in [-0.1, -0.05) is 31.5 Å². The first-order valence-corrected chi connectivity index (χ1v) is 8.78. The van der Waals surface area contributed by atoms with Crippen molar-refractivity contribution >= 4 is 33.1 Å². The number of anilines is 1. The van der Waals surface area contributed by atoms with Gasteiger partial charge in [-0.15, -0.1) is 11.3 Å². The van der Waals surface area contributed by atoms with Crippen LogP contribution in [0.3, 0.4) is 0 Å². The molecule has 2 aromatic heterocycles. The number of fused-ring (bicyclic) bond motifs is 1. The molecule has 24 heavy (non-hydrogen) atoms. The van der Waals surface area contributed by atoms with Crippen molar-refractivity contribution in [1.82, 2.24) is 9.55 Å². The number of hydrogen-bond acceptors (Lipinski definition) is 4. The quantitative estimate of drug-likeness (QED) is 0.767. The van der Waals surface area contributed by atoms with Crippen molar-refractivity contribution in [2.24, 2.45) is 0 Å². The smallest absolute Gasteiger partial charge is 0.266 e. The van der Waals surface area contributed by atoms with Crippen molar-refractivity contribution in [3.05, 3.63) is 57.5 Å². The minimum absolute atomic E-state index is 0.0686. The Hall–Kier alpha value is -2.47. The molecule has 0 bridgehead atoms. The number of carbonyl (C=O) groups excluding carboxylic acids is 1. The van der Waals surface area contributed by atoms with E-state index in [0.717, 1.165) is 18.5 Å². The number of amides is 1. The molecular weight excluding hydrogens is 322 g/mol. The van der Waals surface area contributed by atoms with Crippen LogP contribution < -0.4 is 10.9 Å². The lowest BCUT2D eigenvalue weighted by atomic mass is 10.2. The molecule has 0 fully saturated rings. The van der Waals surface area contributed by atoms with Gasteiger partial charge in [0.05, 0.1) is 16.6 Å². The van der Waals surface area contributed by atoms with Gasteiger partial charge in [-0.2, -0.15) is 0 Å². The highest BCUT2D eigenvalue weighted by Crippen LogP contribution is 2.27.